The number of nitrogens with zero attached hydrogens (tertiary/aromatic N) is 2. The van der Waals surface area contributed by atoms with Gasteiger partial charge in [-0.15, -0.1) is 0 Å². The van der Waals surface area contributed by atoms with Gasteiger partial charge in [-0.2, -0.15) is 0 Å². The molecule has 1 saturated heterocycles. The summed E-state index contributed by atoms with van der Waals surface area (Å²) >= 11 is 0. The third-order valence-electron chi connectivity index (χ3n) is 5.50. The summed E-state index contributed by atoms with van der Waals surface area (Å²) < 4.78 is 11.3. The van der Waals surface area contributed by atoms with E-state index in [0.717, 1.165) is 50.9 Å². The highest BCUT2D eigenvalue weighted by atomic mass is 16.5. The zero-order valence-electron chi connectivity index (χ0n) is 18.4. The maximum Gasteiger partial charge on any atom is 0.191 e. The maximum atomic E-state index is 5.77. The zero-order valence-corrected chi connectivity index (χ0v) is 18.4. The molecule has 0 bridgehead atoms. The summed E-state index contributed by atoms with van der Waals surface area (Å²) in [6.07, 6.45) is 2.05. The highest BCUT2D eigenvalue weighted by Gasteiger charge is 2.34. The summed E-state index contributed by atoms with van der Waals surface area (Å²) in [5, 5.41) is 7.02. The molecule has 1 aliphatic heterocycles. The van der Waals surface area contributed by atoms with Crippen molar-refractivity contribution in [2.75, 3.05) is 47.5 Å². The first kappa shape index (κ1) is 22.5. The normalized spacial score (nSPS) is 18.2. The first-order chi connectivity index (χ1) is 13.4. The van der Waals surface area contributed by atoms with Crippen LogP contribution in [0.1, 0.15) is 45.2 Å². The molecular weight excluding hydrogens is 352 g/mol. The van der Waals surface area contributed by atoms with Crippen LogP contribution in [0.25, 0.3) is 0 Å². The predicted molar refractivity (Wildman–Crippen MR) is 116 cm³/mol. The summed E-state index contributed by atoms with van der Waals surface area (Å²) in [4.78, 5) is 6.73. The molecule has 1 atom stereocenters. The second kappa shape index (κ2) is 10.7. The number of hydrogen-bond donors (Lipinski definition) is 2. The minimum Gasteiger partial charge on any atom is -0.493 e. The molecule has 0 amide bonds. The third-order valence-corrected chi connectivity index (χ3v) is 5.50. The van der Waals surface area contributed by atoms with Crippen molar-refractivity contribution in [2.24, 2.45) is 10.9 Å². The molecule has 0 radical (unpaired) electrons. The van der Waals surface area contributed by atoms with Crippen molar-refractivity contribution in [1.82, 2.24) is 15.5 Å². The van der Waals surface area contributed by atoms with E-state index in [1.807, 2.05) is 19.2 Å². The Bertz CT molecular complexity index is 607. The van der Waals surface area contributed by atoms with Crippen molar-refractivity contribution in [3.63, 3.8) is 0 Å². The SMILES string of the molecule is CN=C(NCC1(N(C)C)CCOCC1)NC(C)c1ccc(OCC(C)C)cc1. The molecule has 0 spiro atoms. The monoisotopic (exact) mass is 390 g/mol. The van der Waals surface area contributed by atoms with E-state index in [-0.39, 0.29) is 11.6 Å². The first-order valence-corrected chi connectivity index (χ1v) is 10.3. The fraction of sp³-hybridized carbons (Fsp3) is 0.682. The van der Waals surface area contributed by atoms with Gasteiger partial charge in [-0.05, 0) is 57.5 Å². The van der Waals surface area contributed by atoms with Crippen molar-refractivity contribution in [1.29, 1.82) is 0 Å². The van der Waals surface area contributed by atoms with Crippen LogP contribution in [0, 0.1) is 5.92 Å². The van der Waals surface area contributed by atoms with Crippen molar-refractivity contribution >= 4 is 5.96 Å². The third kappa shape index (κ3) is 6.38. The van der Waals surface area contributed by atoms with Gasteiger partial charge in [-0.25, -0.2) is 0 Å². The largest absolute Gasteiger partial charge is 0.493 e. The maximum absolute atomic E-state index is 5.77. The summed E-state index contributed by atoms with van der Waals surface area (Å²) in [6.45, 7) is 9.66. The minimum absolute atomic E-state index is 0.106. The Kier molecular flexibility index (Phi) is 8.58. The van der Waals surface area contributed by atoms with E-state index in [4.69, 9.17) is 9.47 Å². The van der Waals surface area contributed by atoms with Crippen LogP contribution in [-0.4, -0.2) is 63.9 Å². The zero-order chi connectivity index (χ0) is 20.6. The van der Waals surface area contributed by atoms with E-state index in [1.165, 1.54) is 5.56 Å². The first-order valence-electron chi connectivity index (χ1n) is 10.3. The van der Waals surface area contributed by atoms with Gasteiger partial charge in [0.25, 0.3) is 0 Å². The van der Waals surface area contributed by atoms with Crippen molar-refractivity contribution < 1.29 is 9.47 Å². The fourth-order valence-electron chi connectivity index (χ4n) is 3.38. The molecule has 28 heavy (non-hydrogen) atoms. The van der Waals surface area contributed by atoms with Crippen molar-refractivity contribution in [3.8, 4) is 5.75 Å². The van der Waals surface area contributed by atoms with Crippen LogP contribution in [0.4, 0.5) is 0 Å². The number of hydrogen-bond acceptors (Lipinski definition) is 4. The number of aliphatic imine (C=N–C) groups is 1. The Morgan fingerprint density at radius 2 is 1.82 bits per heavy atom. The Morgan fingerprint density at radius 3 is 2.36 bits per heavy atom. The number of likely N-dealkylation sites (N-methyl/N-ethyl adjacent to an activating group) is 1. The highest BCUT2D eigenvalue weighted by molar-refractivity contribution is 5.80. The molecule has 0 aromatic heterocycles. The van der Waals surface area contributed by atoms with Crippen molar-refractivity contribution in [2.45, 2.75) is 45.2 Å². The van der Waals surface area contributed by atoms with E-state index in [9.17, 15) is 0 Å². The van der Waals surface area contributed by atoms with Gasteiger partial charge in [0, 0.05) is 32.3 Å². The quantitative estimate of drug-likeness (QED) is 0.528. The summed E-state index contributed by atoms with van der Waals surface area (Å²) in [7, 11) is 6.11. The summed E-state index contributed by atoms with van der Waals surface area (Å²) in [5.74, 6) is 2.26. The van der Waals surface area contributed by atoms with E-state index in [2.05, 4.69) is 67.5 Å². The fourth-order valence-corrected chi connectivity index (χ4v) is 3.38. The molecular formula is C22H38N4O2. The predicted octanol–water partition coefficient (Wildman–Crippen LogP) is 3.06. The topological polar surface area (TPSA) is 58.1 Å². The molecule has 1 aromatic rings. The molecule has 0 aliphatic carbocycles. The number of ether oxygens (including phenoxy) is 2. The molecule has 2 rings (SSSR count). The number of guanidine groups is 1. The molecule has 1 fully saturated rings. The average Bonchev–Trinajstić information content (AvgIpc) is 2.70. The lowest BCUT2D eigenvalue weighted by atomic mass is 9.88. The van der Waals surface area contributed by atoms with E-state index < -0.39 is 0 Å². The highest BCUT2D eigenvalue weighted by Crippen LogP contribution is 2.25. The van der Waals surface area contributed by atoms with Crippen LogP contribution in [0.3, 0.4) is 0 Å². The van der Waals surface area contributed by atoms with Crippen molar-refractivity contribution in [3.05, 3.63) is 29.8 Å². The van der Waals surface area contributed by atoms with Gasteiger partial charge in [-0.3, -0.25) is 4.99 Å². The van der Waals surface area contributed by atoms with Crippen LogP contribution in [0.5, 0.6) is 5.75 Å². The van der Waals surface area contributed by atoms with Crippen LogP contribution in [0.2, 0.25) is 0 Å². The molecule has 2 N–H and O–H groups in total. The lowest BCUT2D eigenvalue weighted by molar-refractivity contribution is -0.00502. The molecule has 1 unspecified atom stereocenters. The van der Waals surface area contributed by atoms with Crippen LogP contribution in [-0.2, 0) is 4.74 Å². The molecule has 158 valence electrons. The van der Waals surface area contributed by atoms with Gasteiger partial charge in [0.15, 0.2) is 5.96 Å². The van der Waals surface area contributed by atoms with Gasteiger partial charge in [0.1, 0.15) is 5.75 Å². The Hall–Kier alpha value is -1.79. The number of benzene rings is 1. The average molecular weight is 391 g/mol. The Balaban J connectivity index is 1.91. The molecule has 1 aliphatic rings. The molecule has 1 aromatic carbocycles. The molecule has 6 heteroatoms. The Morgan fingerprint density at radius 1 is 1.18 bits per heavy atom. The lowest BCUT2D eigenvalue weighted by Gasteiger charge is -2.43. The van der Waals surface area contributed by atoms with Gasteiger partial charge in [0.05, 0.1) is 12.6 Å². The number of nitrogens with one attached hydrogen (secondary N) is 2. The second-order valence-corrected chi connectivity index (χ2v) is 8.30. The smallest absolute Gasteiger partial charge is 0.191 e. The lowest BCUT2D eigenvalue weighted by Crippen LogP contribution is -2.57. The second-order valence-electron chi connectivity index (χ2n) is 8.30. The number of rotatable bonds is 8. The Labute approximate surface area is 170 Å². The van der Waals surface area contributed by atoms with Crippen LogP contribution >= 0.6 is 0 Å². The minimum atomic E-state index is 0.106. The van der Waals surface area contributed by atoms with E-state index >= 15 is 0 Å². The molecule has 6 nitrogen and oxygen atoms in total. The standard InChI is InChI=1S/C22H38N4O2/c1-17(2)15-28-20-9-7-19(8-10-20)18(3)25-21(23-4)24-16-22(26(5)6)11-13-27-14-12-22/h7-10,17-18H,11-16H2,1-6H3,(H2,23,24,25). The van der Waals surface area contributed by atoms with Gasteiger partial charge in [0.2, 0.25) is 0 Å². The van der Waals surface area contributed by atoms with Gasteiger partial charge >= 0.3 is 0 Å². The molecule has 1 heterocycles. The summed E-state index contributed by atoms with van der Waals surface area (Å²) in [6, 6.07) is 8.45. The van der Waals surface area contributed by atoms with E-state index in [1.54, 1.807) is 0 Å². The van der Waals surface area contributed by atoms with Crippen LogP contribution < -0.4 is 15.4 Å². The van der Waals surface area contributed by atoms with E-state index in [0.29, 0.717) is 5.92 Å². The van der Waals surface area contributed by atoms with Gasteiger partial charge < -0.3 is 25.0 Å². The summed E-state index contributed by atoms with van der Waals surface area (Å²) in [5.41, 5.74) is 1.31. The molecule has 0 saturated carbocycles. The van der Waals surface area contributed by atoms with Crippen LogP contribution in [0.15, 0.2) is 29.3 Å². The van der Waals surface area contributed by atoms with Gasteiger partial charge in [-0.1, -0.05) is 26.0 Å².